The van der Waals surface area contributed by atoms with Crippen molar-refractivity contribution in [2.24, 2.45) is 0 Å². The Kier molecular flexibility index (Phi) is 6.49. The zero-order valence-corrected chi connectivity index (χ0v) is 19.2. The summed E-state index contributed by atoms with van der Waals surface area (Å²) in [5, 5.41) is 5.67. The van der Waals surface area contributed by atoms with Crippen LogP contribution in [0.15, 0.2) is 53.3 Å². The van der Waals surface area contributed by atoms with E-state index >= 15 is 0 Å². The molecule has 0 saturated carbocycles. The third-order valence-corrected chi connectivity index (χ3v) is 6.25. The molecule has 0 aliphatic carbocycles. The third-order valence-electron chi connectivity index (χ3n) is 6.00. The molecule has 2 amide bonds. The first-order chi connectivity index (χ1) is 15.8. The Bertz CT molecular complexity index is 1250. The predicted molar refractivity (Wildman–Crippen MR) is 125 cm³/mol. The van der Waals surface area contributed by atoms with E-state index in [2.05, 4.69) is 16.0 Å². The van der Waals surface area contributed by atoms with Crippen LogP contribution in [-0.2, 0) is 14.9 Å². The molecule has 4 rings (SSSR count). The van der Waals surface area contributed by atoms with E-state index in [1.54, 1.807) is 36.4 Å². The molecule has 0 bridgehead atoms. The van der Waals surface area contributed by atoms with Gasteiger partial charge in [0, 0.05) is 23.6 Å². The van der Waals surface area contributed by atoms with Gasteiger partial charge in [-0.25, -0.2) is 4.68 Å². The monoisotopic (exact) mass is 468 g/mol. The van der Waals surface area contributed by atoms with Crippen molar-refractivity contribution in [2.45, 2.75) is 38.1 Å². The molecule has 33 heavy (non-hydrogen) atoms. The van der Waals surface area contributed by atoms with Crippen molar-refractivity contribution in [1.29, 1.82) is 0 Å². The molecular formula is C24H25ClN4O4. The van der Waals surface area contributed by atoms with E-state index in [-0.39, 0.29) is 23.2 Å². The van der Waals surface area contributed by atoms with Gasteiger partial charge >= 0.3 is 0 Å². The van der Waals surface area contributed by atoms with E-state index in [0.29, 0.717) is 41.9 Å². The molecule has 3 aromatic rings. The summed E-state index contributed by atoms with van der Waals surface area (Å²) in [5.41, 5.74) is 4.81. The van der Waals surface area contributed by atoms with E-state index in [9.17, 15) is 14.4 Å². The van der Waals surface area contributed by atoms with Crippen LogP contribution in [0.1, 0.15) is 48.8 Å². The summed E-state index contributed by atoms with van der Waals surface area (Å²) in [6.07, 6.45) is 0.936. The van der Waals surface area contributed by atoms with Crippen LogP contribution in [0.5, 0.6) is 0 Å². The average Bonchev–Trinajstić information content (AvgIpc) is 2.83. The number of benzene rings is 2. The number of carbonyl (C=O) groups is 2. The summed E-state index contributed by atoms with van der Waals surface area (Å²) < 4.78 is 6.74. The lowest BCUT2D eigenvalue weighted by molar-refractivity contribution is -0.131. The van der Waals surface area contributed by atoms with Crippen molar-refractivity contribution in [3.63, 3.8) is 0 Å². The minimum absolute atomic E-state index is 0.0618. The maximum Gasteiger partial charge on any atom is 0.290 e. The molecule has 2 aromatic carbocycles. The summed E-state index contributed by atoms with van der Waals surface area (Å²) >= 11 is 6.03. The first-order valence-corrected chi connectivity index (χ1v) is 11.2. The molecule has 2 N–H and O–H groups in total. The van der Waals surface area contributed by atoms with Gasteiger partial charge in [-0.3, -0.25) is 25.2 Å². The number of nitrogens with one attached hydrogen (secondary N) is 2. The van der Waals surface area contributed by atoms with Gasteiger partial charge in [-0.2, -0.15) is 5.10 Å². The largest absolute Gasteiger partial charge is 0.381 e. The van der Waals surface area contributed by atoms with Crippen molar-refractivity contribution in [3.8, 4) is 0 Å². The number of fused-ring (bicyclic) bond motifs is 1. The van der Waals surface area contributed by atoms with Gasteiger partial charge in [0.2, 0.25) is 5.91 Å². The van der Waals surface area contributed by atoms with Crippen molar-refractivity contribution >= 4 is 34.2 Å². The van der Waals surface area contributed by atoms with Crippen LogP contribution < -0.4 is 16.4 Å². The van der Waals surface area contributed by atoms with Gasteiger partial charge in [-0.1, -0.05) is 41.9 Å². The standard InChI is InChI=1S/C24H25ClN4O4/c1-15(2)29-22(31)19-6-4-3-5-18(19)20(28-29)21(30)26-27-23(32)24(11-13-33-14-12-24)16-7-9-17(25)10-8-16/h3-10,15H,11-14H2,1-2H3,(H,26,30)(H,27,32). The summed E-state index contributed by atoms with van der Waals surface area (Å²) in [5.74, 6) is -0.949. The molecule has 0 radical (unpaired) electrons. The number of amides is 2. The zero-order chi connectivity index (χ0) is 23.6. The Morgan fingerprint density at radius 1 is 1.03 bits per heavy atom. The highest BCUT2D eigenvalue weighted by Crippen LogP contribution is 2.35. The summed E-state index contributed by atoms with van der Waals surface area (Å²) in [6.45, 7) is 4.48. The maximum atomic E-state index is 13.3. The first-order valence-electron chi connectivity index (χ1n) is 10.8. The lowest BCUT2D eigenvalue weighted by Crippen LogP contribution is -2.53. The quantitative estimate of drug-likeness (QED) is 0.573. The Balaban J connectivity index is 1.62. The Labute approximate surface area is 195 Å². The fraction of sp³-hybridized carbons (Fsp3) is 0.333. The Morgan fingerprint density at radius 3 is 2.30 bits per heavy atom. The molecule has 0 unspecified atom stereocenters. The molecule has 0 spiro atoms. The summed E-state index contributed by atoms with van der Waals surface area (Å²) in [6, 6.07) is 13.7. The highest BCUT2D eigenvalue weighted by atomic mass is 35.5. The van der Waals surface area contributed by atoms with Gasteiger partial charge in [0.15, 0.2) is 5.69 Å². The number of halogens is 1. The van der Waals surface area contributed by atoms with Gasteiger partial charge in [0.05, 0.1) is 16.8 Å². The van der Waals surface area contributed by atoms with E-state index < -0.39 is 11.3 Å². The normalized spacial score (nSPS) is 15.4. The third kappa shape index (κ3) is 4.36. The van der Waals surface area contributed by atoms with Gasteiger partial charge in [0.1, 0.15) is 0 Å². The van der Waals surface area contributed by atoms with E-state index in [1.807, 2.05) is 26.0 Å². The highest BCUT2D eigenvalue weighted by Gasteiger charge is 2.42. The molecular weight excluding hydrogens is 444 g/mol. The molecule has 8 nitrogen and oxygen atoms in total. The summed E-state index contributed by atoms with van der Waals surface area (Å²) in [4.78, 5) is 39.1. The smallest absolute Gasteiger partial charge is 0.290 e. The number of hydrazine groups is 1. The number of nitrogens with zero attached hydrogens (tertiary/aromatic N) is 2. The van der Waals surface area contributed by atoms with E-state index in [4.69, 9.17) is 16.3 Å². The molecule has 172 valence electrons. The Morgan fingerprint density at radius 2 is 1.67 bits per heavy atom. The van der Waals surface area contributed by atoms with Gasteiger partial charge < -0.3 is 4.74 Å². The van der Waals surface area contributed by atoms with Crippen LogP contribution >= 0.6 is 11.6 Å². The number of ether oxygens (including phenoxy) is 1. The second-order valence-electron chi connectivity index (χ2n) is 8.35. The van der Waals surface area contributed by atoms with E-state index in [0.717, 1.165) is 5.56 Å². The van der Waals surface area contributed by atoms with Crippen LogP contribution in [0, 0.1) is 0 Å². The zero-order valence-electron chi connectivity index (χ0n) is 18.4. The van der Waals surface area contributed by atoms with Crippen LogP contribution in [0.25, 0.3) is 10.8 Å². The molecule has 9 heteroatoms. The van der Waals surface area contributed by atoms with Crippen molar-refractivity contribution in [3.05, 3.63) is 75.2 Å². The molecule has 2 heterocycles. The topological polar surface area (TPSA) is 102 Å². The SMILES string of the molecule is CC(C)n1nc(C(=O)NNC(=O)C2(c3ccc(Cl)cc3)CCOCC2)c2ccccc2c1=O. The van der Waals surface area contributed by atoms with Crippen LogP contribution in [-0.4, -0.2) is 34.8 Å². The number of hydrogen-bond donors (Lipinski definition) is 2. The molecule has 1 aliphatic heterocycles. The average molecular weight is 469 g/mol. The van der Waals surface area contributed by atoms with Crippen molar-refractivity contribution in [1.82, 2.24) is 20.6 Å². The lowest BCUT2D eigenvalue weighted by atomic mass is 9.73. The van der Waals surface area contributed by atoms with Crippen LogP contribution in [0.3, 0.4) is 0 Å². The first kappa shape index (κ1) is 22.9. The maximum absolute atomic E-state index is 13.3. The minimum Gasteiger partial charge on any atom is -0.381 e. The highest BCUT2D eigenvalue weighted by molar-refractivity contribution is 6.30. The molecule has 0 atom stereocenters. The molecule has 1 aromatic heterocycles. The van der Waals surface area contributed by atoms with Crippen molar-refractivity contribution in [2.75, 3.05) is 13.2 Å². The fourth-order valence-electron chi connectivity index (χ4n) is 4.15. The Hall–Kier alpha value is -3.23. The van der Waals surface area contributed by atoms with Crippen LogP contribution in [0.4, 0.5) is 0 Å². The van der Waals surface area contributed by atoms with Gasteiger partial charge in [-0.05, 0) is 50.5 Å². The number of carbonyl (C=O) groups excluding carboxylic acids is 2. The number of rotatable bonds is 4. The van der Waals surface area contributed by atoms with Gasteiger partial charge in [0.25, 0.3) is 11.5 Å². The van der Waals surface area contributed by atoms with E-state index in [1.165, 1.54) is 4.68 Å². The van der Waals surface area contributed by atoms with Crippen LogP contribution in [0.2, 0.25) is 5.02 Å². The lowest BCUT2D eigenvalue weighted by Gasteiger charge is -2.36. The van der Waals surface area contributed by atoms with Crippen molar-refractivity contribution < 1.29 is 14.3 Å². The second kappa shape index (κ2) is 9.33. The minimum atomic E-state index is -0.859. The number of hydrogen-bond acceptors (Lipinski definition) is 5. The predicted octanol–water partition coefficient (Wildman–Crippen LogP) is 3.14. The molecule has 1 fully saturated rings. The molecule has 1 saturated heterocycles. The summed E-state index contributed by atoms with van der Waals surface area (Å²) in [7, 11) is 0. The second-order valence-corrected chi connectivity index (χ2v) is 8.78. The van der Waals surface area contributed by atoms with Gasteiger partial charge in [-0.15, -0.1) is 0 Å². The number of aromatic nitrogens is 2. The molecule has 1 aliphatic rings. The fourth-order valence-corrected chi connectivity index (χ4v) is 4.28.